The fourth-order valence-electron chi connectivity index (χ4n) is 7.73. The lowest BCUT2D eigenvalue weighted by Gasteiger charge is -2.42. The van der Waals surface area contributed by atoms with Crippen LogP contribution in [-0.2, 0) is 10.8 Å². The third-order valence-electron chi connectivity index (χ3n) is 10.7. The number of anilines is 3. The lowest BCUT2D eigenvalue weighted by atomic mass is 9.63. The van der Waals surface area contributed by atoms with Crippen LogP contribution in [0.25, 0.3) is 44.2 Å². The summed E-state index contributed by atoms with van der Waals surface area (Å²) in [6.45, 7) is 9.64. The average Bonchev–Trinajstić information content (AvgIpc) is 3.14. The summed E-state index contributed by atoms with van der Waals surface area (Å²) in [6.07, 6.45) is 2.43. The molecule has 1 nitrogen and oxygen atoms in total. The summed E-state index contributed by atoms with van der Waals surface area (Å²) in [5.74, 6) is 0. The Labute approximate surface area is 291 Å². The fraction of sp³-hybridized carbons (Fsp3) is 0.167. The number of rotatable bonds is 6. The van der Waals surface area contributed by atoms with Crippen LogP contribution in [0, 0.1) is 0 Å². The Bertz CT molecular complexity index is 2280. The number of hydrogen-bond donors (Lipinski definition) is 0. The fourth-order valence-corrected chi connectivity index (χ4v) is 7.73. The monoisotopic (exact) mass is 633 g/mol. The highest BCUT2D eigenvalue weighted by molar-refractivity contribution is 5.94. The van der Waals surface area contributed by atoms with E-state index in [-0.39, 0.29) is 10.8 Å². The maximum Gasteiger partial charge on any atom is 0.0540 e. The molecule has 0 aromatic heterocycles. The minimum atomic E-state index is 0.169. The third kappa shape index (κ3) is 5.85. The Kier molecular flexibility index (Phi) is 7.72. The molecule has 8 rings (SSSR count). The predicted molar refractivity (Wildman–Crippen MR) is 210 cm³/mol. The minimum Gasteiger partial charge on any atom is -0.310 e. The molecule has 0 N–H and O–H groups in total. The van der Waals surface area contributed by atoms with Crippen LogP contribution >= 0.6 is 0 Å². The Morgan fingerprint density at radius 3 is 1.63 bits per heavy atom. The summed E-state index contributed by atoms with van der Waals surface area (Å²) in [4.78, 5) is 2.41. The number of fused-ring (bicyclic) bond motifs is 2. The summed E-state index contributed by atoms with van der Waals surface area (Å²) < 4.78 is 0. The summed E-state index contributed by atoms with van der Waals surface area (Å²) in [5, 5.41) is 2.62. The van der Waals surface area contributed by atoms with Crippen molar-refractivity contribution >= 4 is 27.8 Å². The lowest BCUT2D eigenvalue weighted by Crippen LogP contribution is -2.33. The predicted octanol–water partition coefficient (Wildman–Crippen LogP) is 13.7. The normalized spacial score (nSPS) is 14.7. The van der Waals surface area contributed by atoms with Gasteiger partial charge in [-0.3, -0.25) is 0 Å². The quantitative estimate of drug-likeness (QED) is 0.176. The molecule has 0 bridgehead atoms. The second kappa shape index (κ2) is 12.2. The number of nitrogens with zero attached hydrogens (tertiary/aromatic N) is 1. The average molecular weight is 634 g/mol. The zero-order chi connectivity index (χ0) is 33.6. The van der Waals surface area contributed by atoms with Gasteiger partial charge >= 0.3 is 0 Å². The van der Waals surface area contributed by atoms with Gasteiger partial charge in [0.05, 0.1) is 5.69 Å². The van der Waals surface area contributed by atoms with Gasteiger partial charge in [-0.05, 0) is 116 Å². The molecule has 0 amide bonds. The van der Waals surface area contributed by atoms with E-state index in [0.29, 0.717) is 0 Å². The van der Waals surface area contributed by atoms with Gasteiger partial charge in [0.2, 0.25) is 0 Å². The van der Waals surface area contributed by atoms with Crippen molar-refractivity contribution in [3.63, 3.8) is 0 Å². The molecule has 1 aliphatic rings. The van der Waals surface area contributed by atoms with Crippen LogP contribution in [0.2, 0.25) is 0 Å². The van der Waals surface area contributed by atoms with Gasteiger partial charge in [0.1, 0.15) is 0 Å². The molecule has 0 saturated heterocycles. The second-order valence-corrected chi connectivity index (χ2v) is 14.9. The van der Waals surface area contributed by atoms with Gasteiger partial charge in [-0.1, -0.05) is 149 Å². The molecule has 0 saturated carbocycles. The van der Waals surface area contributed by atoms with Crippen molar-refractivity contribution in [1.82, 2.24) is 0 Å². The highest BCUT2D eigenvalue weighted by Gasteiger charge is 2.37. The molecule has 7 aromatic carbocycles. The molecule has 240 valence electrons. The van der Waals surface area contributed by atoms with Crippen molar-refractivity contribution in [3.05, 3.63) is 175 Å². The summed E-state index contributed by atoms with van der Waals surface area (Å²) >= 11 is 0. The van der Waals surface area contributed by atoms with Gasteiger partial charge in [0.25, 0.3) is 0 Å². The molecular formula is C48H43N. The Morgan fingerprint density at radius 1 is 0.388 bits per heavy atom. The van der Waals surface area contributed by atoms with E-state index in [0.717, 1.165) is 17.1 Å². The molecule has 1 heteroatoms. The van der Waals surface area contributed by atoms with Crippen LogP contribution in [0.5, 0.6) is 0 Å². The van der Waals surface area contributed by atoms with Crippen LogP contribution < -0.4 is 4.90 Å². The molecule has 0 radical (unpaired) electrons. The number of para-hydroxylation sites is 2. The smallest absolute Gasteiger partial charge is 0.0540 e. The summed E-state index contributed by atoms with van der Waals surface area (Å²) in [6, 6.07) is 60.0. The van der Waals surface area contributed by atoms with Crippen molar-refractivity contribution in [3.8, 4) is 33.4 Å². The highest BCUT2D eigenvalue weighted by Crippen LogP contribution is 2.48. The first-order chi connectivity index (χ1) is 23.8. The second-order valence-electron chi connectivity index (χ2n) is 14.9. The first-order valence-corrected chi connectivity index (χ1v) is 17.6. The van der Waals surface area contributed by atoms with Crippen molar-refractivity contribution in [2.45, 2.75) is 51.4 Å². The van der Waals surface area contributed by atoms with E-state index >= 15 is 0 Å². The van der Waals surface area contributed by atoms with E-state index in [9.17, 15) is 0 Å². The van der Waals surface area contributed by atoms with Gasteiger partial charge in [-0.2, -0.15) is 0 Å². The van der Waals surface area contributed by atoms with Gasteiger partial charge in [-0.15, -0.1) is 0 Å². The largest absolute Gasteiger partial charge is 0.310 e. The zero-order valence-electron chi connectivity index (χ0n) is 28.9. The van der Waals surface area contributed by atoms with Crippen LogP contribution in [0.15, 0.2) is 164 Å². The Morgan fingerprint density at radius 2 is 0.918 bits per heavy atom. The molecule has 0 spiro atoms. The van der Waals surface area contributed by atoms with Crippen LogP contribution in [0.1, 0.15) is 51.7 Å². The van der Waals surface area contributed by atoms with Gasteiger partial charge in [0.15, 0.2) is 0 Å². The molecule has 0 heterocycles. The van der Waals surface area contributed by atoms with Gasteiger partial charge in [0, 0.05) is 16.9 Å². The van der Waals surface area contributed by atoms with Crippen molar-refractivity contribution in [2.75, 3.05) is 4.90 Å². The summed E-state index contributed by atoms with van der Waals surface area (Å²) in [5.41, 5.74) is 14.1. The van der Waals surface area contributed by atoms with Crippen LogP contribution in [0.4, 0.5) is 17.1 Å². The Balaban J connectivity index is 1.25. The molecular weight excluding hydrogens is 591 g/mol. The SMILES string of the molecule is CC1(C)CCC(C)(C)c2cc3cc(-c4ccccc4N(c4ccccc4)c4cccc(-c5cccc(-c6ccccc6)c5)c4)ccc3cc21. The highest BCUT2D eigenvalue weighted by atomic mass is 15.1. The van der Waals surface area contributed by atoms with Gasteiger partial charge in [-0.25, -0.2) is 0 Å². The third-order valence-corrected chi connectivity index (χ3v) is 10.7. The van der Waals surface area contributed by atoms with Crippen LogP contribution in [-0.4, -0.2) is 0 Å². The van der Waals surface area contributed by atoms with Gasteiger partial charge < -0.3 is 4.90 Å². The number of hydrogen-bond acceptors (Lipinski definition) is 1. The van der Waals surface area contributed by atoms with E-state index in [4.69, 9.17) is 0 Å². The standard InChI is InChI=1S/C48H43N/c1-47(2)27-28-48(3,4)45-33-40-30-39(26-25-38(40)32-44(45)47)43-23-11-12-24-46(43)49(41-20-9-6-10-21-41)42-22-14-19-37(31-42)36-18-13-17-35(29-36)34-15-7-5-8-16-34/h5-26,29-33H,27-28H2,1-4H3. The van der Waals surface area contributed by atoms with E-state index < -0.39 is 0 Å². The molecule has 0 unspecified atom stereocenters. The molecule has 0 fully saturated rings. The van der Waals surface area contributed by atoms with E-state index in [1.54, 1.807) is 0 Å². The van der Waals surface area contributed by atoms with Crippen LogP contribution in [0.3, 0.4) is 0 Å². The molecule has 49 heavy (non-hydrogen) atoms. The summed E-state index contributed by atoms with van der Waals surface area (Å²) in [7, 11) is 0. The van der Waals surface area contributed by atoms with Crippen molar-refractivity contribution in [2.24, 2.45) is 0 Å². The minimum absolute atomic E-state index is 0.169. The molecule has 0 aliphatic heterocycles. The zero-order valence-corrected chi connectivity index (χ0v) is 28.9. The van der Waals surface area contributed by atoms with Crippen molar-refractivity contribution in [1.29, 1.82) is 0 Å². The molecule has 7 aromatic rings. The maximum atomic E-state index is 2.49. The first-order valence-electron chi connectivity index (χ1n) is 17.6. The first kappa shape index (κ1) is 30.9. The topological polar surface area (TPSA) is 3.24 Å². The maximum absolute atomic E-state index is 2.49. The number of benzene rings is 7. The van der Waals surface area contributed by atoms with E-state index in [1.165, 1.54) is 68.1 Å². The molecule has 1 aliphatic carbocycles. The van der Waals surface area contributed by atoms with Crippen molar-refractivity contribution < 1.29 is 0 Å². The lowest BCUT2D eigenvalue weighted by molar-refractivity contribution is 0.332. The van der Waals surface area contributed by atoms with E-state index in [2.05, 4.69) is 196 Å². The Hall–Kier alpha value is -5.40. The van der Waals surface area contributed by atoms with E-state index in [1.807, 2.05) is 0 Å². The molecule has 0 atom stereocenters.